The molecule has 1 aromatic rings. The summed E-state index contributed by atoms with van der Waals surface area (Å²) in [6, 6.07) is 1.89. The maximum absolute atomic E-state index is 12.7. The van der Waals surface area contributed by atoms with E-state index in [4.69, 9.17) is 9.56 Å². The number of carbonyl (C=O) groups excluding carboxylic acids is 1. The van der Waals surface area contributed by atoms with Gasteiger partial charge in [-0.3, -0.25) is 4.79 Å². The second-order valence-electron chi connectivity index (χ2n) is 6.02. The molecule has 2 heterocycles. The molecule has 1 saturated heterocycles. The number of hydrogen-bond acceptors (Lipinski definition) is 7. The first kappa shape index (κ1) is 18.9. The highest BCUT2D eigenvalue weighted by molar-refractivity contribution is 7.91. The fraction of sp³-hybridized carbons (Fsp3) is 0.615. The molecule has 0 aliphatic carbocycles. The Kier molecular flexibility index (Phi) is 5.37. The summed E-state index contributed by atoms with van der Waals surface area (Å²) in [5.74, 6) is -0.797. The van der Waals surface area contributed by atoms with Gasteiger partial charge in [-0.15, -0.1) is 0 Å². The lowest BCUT2D eigenvalue weighted by atomic mass is 10.2. The van der Waals surface area contributed by atoms with Crippen molar-refractivity contribution in [1.82, 2.24) is 9.80 Å². The fourth-order valence-corrected chi connectivity index (χ4v) is 4.70. The van der Waals surface area contributed by atoms with E-state index in [-0.39, 0.29) is 17.3 Å². The van der Waals surface area contributed by atoms with Crippen LogP contribution in [0.3, 0.4) is 0 Å². The van der Waals surface area contributed by atoms with Crippen LogP contribution in [-0.2, 0) is 19.9 Å². The van der Waals surface area contributed by atoms with Gasteiger partial charge in [-0.1, -0.05) is 0 Å². The average molecular weight is 379 g/mol. The summed E-state index contributed by atoms with van der Waals surface area (Å²) in [5.41, 5.74) is 0. The maximum atomic E-state index is 12.7. The number of furan rings is 1. The molecule has 0 radical (unpaired) electrons. The van der Waals surface area contributed by atoms with Crippen molar-refractivity contribution in [2.24, 2.45) is 5.14 Å². The third-order valence-electron chi connectivity index (χ3n) is 3.77. The highest BCUT2D eigenvalue weighted by atomic mass is 32.2. The molecule has 0 bridgehead atoms. The number of sulfonamides is 1. The van der Waals surface area contributed by atoms with Crippen molar-refractivity contribution in [1.29, 1.82) is 0 Å². The lowest BCUT2D eigenvalue weighted by Gasteiger charge is -2.28. The number of nitrogens with zero attached hydrogens (tertiary/aromatic N) is 2. The number of nitrogens with two attached hydrogens (primary N) is 1. The quantitative estimate of drug-likeness (QED) is 0.679. The predicted molar refractivity (Wildman–Crippen MR) is 86.7 cm³/mol. The summed E-state index contributed by atoms with van der Waals surface area (Å²) in [7, 11) is -3.55. The van der Waals surface area contributed by atoms with Crippen molar-refractivity contribution in [2.45, 2.75) is 17.6 Å². The van der Waals surface area contributed by atoms with E-state index in [9.17, 15) is 21.6 Å². The van der Waals surface area contributed by atoms with Crippen molar-refractivity contribution in [3.05, 3.63) is 17.9 Å². The van der Waals surface area contributed by atoms with Crippen molar-refractivity contribution >= 4 is 25.8 Å². The number of rotatable bonds is 6. The van der Waals surface area contributed by atoms with Crippen LogP contribution in [0.5, 0.6) is 0 Å². The zero-order chi connectivity index (χ0) is 18.1. The van der Waals surface area contributed by atoms with Crippen LogP contribution in [0, 0.1) is 0 Å². The number of primary sulfonamides is 1. The van der Waals surface area contributed by atoms with E-state index < -0.39 is 36.9 Å². The number of sulfone groups is 1. The third-order valence-corrected chi connectivity index (χ3v) is 6.30. The molecular formula is C13H21N3O6S2. The van der Waals surface area contributed by atoms with Gasteiger partial charge in [0, 0.05) is 19.1 Å². The van der Waals surface area contributed by atoms with E-state index in [1.165, 1.54) is 11.0 Å². The molecular weight excluding hydrogens is 358 g/mol. The molecule has 1 fully saturated rings. The summed E-state index contributed by atoms with van der Waals surface area (Å²) in [4.78, 5) is 16.0. The van der Waals surface area contributed by atoms with Crippen LogP contribution in [0.2, 0.25) is 0 Å². The topological polar surface area (TPSA) is 131 Å². The van der Waals surface area contributed by atoms with Gasteiger partial charge >= 0.3 is 0 Å². The van der Waals surface area contributed by atoms with Crippen LogP contribution < -0.4 is 5.14 Å². The lowest BCUT2D eigenvalue weighted by molar-refractivity contribution is 0.0645. The molecule has 1 aliphatic rings. The van der Waals surface area contributed by atoms with Crippen LogP contribution in [0.25, 0.3) is 0 Å². The molecule has 1 aromatic heterocycles. The third kappa shape index (κ3) is 4.56. The van der Waals surface area contributed by atoms with E-state index in [0.717, 1.165) is 6.07 Å². The number of hydrogen-bond donors (Lipinski definition) is 1. The molecule has 1 amide bonds. The van der Waals surface area contributed by atoms with Gasteiger partial charge in [0.25, 0.3) is 15.9 Å². The zero-order valence-corrected chi connectivity index (χ0v) is 15.1. The van der Waals surface area contributed by atoms with Crippen LogP contribution >= 0.6 is 0 Å². The molecule has 0 spiro atoms. The van der Waals surface area contributed by atoms with Gasteiger partial charge < -0.3 is 14.2 Å². The van der Waals surface area contributed by atoms with Gasteiger partial charge in [0.05, 0.1) is 11.5 Å². The Labute approximate surface area is 141 Å². The minimum Gasteiger partial charge on any atom is -0.438 e. The largest absolute Gasteiger partial charge is 0.438 e. The molecule has 1 unspecified atom stereocenters. The van der Waals surface area contributed by atoms with E-state index in [0.29, 0.717) is 19.5 Å². The van der Waals surface area contributed by atoms with Crippen molar-refractivity contribution in [3.63, 3.8) is 0 Å². The van der Waals surface area contributed by atoms with Crippen LogP contribution in [-0.4, -0.2) is 77.3 Å². The Morgan fingerprint density at radius 1 is 1.33 bits per heavy atom. The number of likely N-dealkylation sites (N-methyl/N-ethyl adjacent to an activating group) is 1. The highest BCUT2D eigenvalue weighted by Crippen LogP contribution is 2.21. The fourth-order valence-electron chi connectivity index (χ4n) is 2.51. The minimum atomic E-state index is -4.05. The molecule has 9 nitrogen and oxygen atoms in total. The van der Waals surface area contributed by atoms with Gasteiger partial charge in [-0.05, 0) is 32.6 Å². The number of carbonyl (C=O) groups is 1. The Morgan fingerprint density at radius 2 is 2.00 bits per heavy atom. The Hall–Kier alpha value is -1.43. The first-order valence-corrected chi connectivity index (χ1v) is 10.6. The Bertz CT molecular complexity index is 813. The first-order chi connectivity index (χ1) is 11.0. The molecule has 1 aliphatic heterocycles. The normalized spacial score (nSPS) is 20.4. The SMILES string of the molecule is CN(C)CCN(C(=O)c1ccc(S(N)(=O)=O)o1)C1CCS(=O)(=O)C1. The van der Waals surface area contributed by atoms with Gasteiger partial charge in [0.2, 0.25) is 5.09 Å². The van der Waals surface area contributed by atoms with Crippen LogP contribution in [0.15, 0.2) is 21.6 Å². The summed E-state index contributed by atoms with van der Waals surface area (Å²) in [6.07, 6.45) is 0.351. The molecule has 2 N–H and O–H groups in total. The summed E-state index contributed by atoms with van der Waals surface area (Å²) in [6.45, 7) is 0.836. The van der Waals surface area contributed by atoms with Gasteiger partial charge in [0.15, 0.2) is 15.6 Å². The molecule has 0 saturated carbocycles. The Balaban J connectivity index is 2.25. The van der Waals surface area contributed by atoms with Crippen molar-refractivity contribution in [2.75, 3.05) is 38.7 Å². The minimum absolute atomic E-state index is 0.0317. The monoisotopic (exact) mass is 379 g/mol. The van der Waals surface area contributed by atoms with Crippen LogP contribution in [0.1, 0.15) is 17.0 Å². The molecule has 11 heteroatoms. The second-order valence-corrected chi connectivity index (χ2v) is 9.74. The average Bonchev–Trinajstić information content (AvgIpc) is 3.04. The van der Waals surface area contributed by atoms with Crippen LogP contribution in [0.4, 0.5) is 0 Å². The first-order valence-electron chi connectivity index (χ1n) is 7.28. The van der Waals surface area contributed by atoms with Crippen molar-refractivity contribution in [3.8, 4) is 0 Å². The Morgan fingerprint density at radius 3 is 2.46 bits per heavy atom. The van der Waals surface area contributed by atoms with Gasteiger partial charge in [-0.2, -0.15) is 0 Å². The van der Waals surface area contributed by atoms with Crippen molar-refractivity contribution < 1.29 is 26.0 Å². The van der Waals surface area contributed by atoms with E-state index >= 15 is 0 Å². The molecule has 136 valence electrons. The molecule has 24 heavy (non-hydrogen) atoms. The molecule has 1 atom stereocenters. The van der Waals surface area contributed by atoms with Gasteiger partial charge in [-0.25, -0.2) is 22.0 Å². The highest BCUT2D eigenvalue weighted by Gasteiger charge is 2.36. The summed E-state index contributed by atoms with van der Waals surface area (Å²) in [5, 5.41) is 4.47. The molecule has 2 rings (SSSR count). The number of amides is 1. The van der Waals surface area contributed by atoms with Gasteiger partial charge in [0.1, 0.15) is 0 Å². The zero-order valence-electron chi connectivity index (χ0n) is 13.5. The summed E-state index contributed by atoms with van der Waals surface area (Å²) >= 11 is 0. The standard InChI is InChI=1S/C13H21N3O6S2/c1-15(2)6-7-16(10-5-8-23(18,19)9-10)13(17)11-3-4-12(22-11)24(14,20)21/h3-4,10H,5-9H2,1-2H3,(H2,14,20,21). The van der Waals surface area contributed by atoms with E-state index in [1.807, 2.05) is 19.0 Å². The van der Waals surface area contributed by atoms with E-state index in [1.54, 1.807) is 0 Å². The second kappa shape index (κ2) is 6.82. The smallest absolute Gasteiger partial charge is 0.289 e. The van der Waals surface area contributed by atoms with E-state index in [2.05, 4.69) is 0 Å². The predicted octanol–water partition coefficient (Wildman–Crippen LogP) is -0.882. The lowest BCUT2D eigenvalue weighted by Crippen LogP contribution is -2.44. The maximum Gasteiger partial charge on any atom is 0.289 e. The summed E-state index contributed by atoms with van der Waals surface area (Å²) < 4.78 is 51.0. The molecule has 0 aromatic carbocycles.